The van der Waals surface area contributed by atoms with Gasteiger partial charge in [-0.15, -0.1) is 0 Å². The van der Waals surface area contributed by atoms with E-state index in [2.05, 4.69) is 69.6 Å². The average molecular weight is 515 g/mol. The normalized spacial score (nSPS) is 14.9. The van der Waals surface area contributed by atoms with Crippen molar-refractivity contribution in [1.29, 1.82) is 0 Å². The Morgan fingerprint density at radius 3 is 2.44 bits per heavy atom. The van der Waals surface area contributed by atoms with E-state index in [0.29, 0.717) is 0 Å². The molecule has 0 atom stereocenters. The Hall–Kier alpha value is -4.49. The van der Waals surface area contributed by atoms with E-state index in [9.17, 15) is 4.79 Å². The number of rotatable bonds is 5. The van der Waals surface area contributed by atoms with E-state index >= 15 is 0 Å². The first-order valence-electron chi connectivity index (χ1n) is 13.5. The lowest BCUT2D eigenvalue weighted by Crippen LogP contribution is -2.36. The molecule has 0 bridgehead atoms. The summed E-state index contributed by atoms with van der Waals surface area (Å²) < 4.78 is 3.79. The van der Waals surface area contributed by atoms with E-state index in [4.69, 9.17) is 4.98 Å². The molecule has 39 heavy (non-hydrogen) atoms. The van der Waals surface area contributed by atoms with Gasteiger partial charge in [0.2, 0.25) is 0 Å². The highest BCUT2D eigenvalue weighted by Crippen LogP contribution is 2.34. The second kappa shape index (κ2) is 9.67. The van der Waals surface area contributed by atoms with E-state index in [1.807, 2.05) is 52.8 Å². The zero-order valence-electron chi connectivity index (χ0n) is 21.9. The number of aromatic amines is 1. The van der Waals surface area contributed by atoms with Gasteiger partial charge < -0.3 is 4.98 Å². The molecule has 6 aromatic rings. The standard InChI is InChI=1S/C32H30N6O/c1-36-31-25(20-33-36)19-27(23-7-3-2-4-8-23)30(35-31)24-13-11-22(12-14-24)21-37-17-15-26(16-18-37)38-29-10-6-5-9-28(29)34-32(38)39/h2-14,19-20,26H,15-18,21H2,1H3,(H,34,39). The molecule has 3 aromatic heterocycles. The number of H-pyrrole nitrogens is 1. The Kier molecular flexibility index (Phi) is 5.86. The lowest BCUT2D eigenvalue weighted by atomic mass is 9.97. The van der Waals surface area contributed by atoms with Crippen LogP contribution in [0.1, 0.15) is 24.4 Å². The van der Waals surface area contributed by atoms with Gasteiger partial charge in [0, 0.05) is 49.2 Å². The predicted molar refractivity (Wildman–Crippen MR) is 155 cm³/mol. The van der Waals surface area contributed by atoms with Gasteiger partial charge >= 0.3 is 5.69 Å². The Balaban J connectivity index is 1.10. The van der Waals surface area contributed by atoms with Gasteiger partial charge in [-0.25, -0.2) is 9.78 Å². The predicted octanol–water partition coefficient (Wildman–Crippen LogP) is 5.78. The van der Waals surface area contributed by atoms with E-state index in [1.165, 1.54) is 5.56 Å². The summed E-state index contributed by atoms with van der Waals surface area (Å²) >= 11 is 0. The van der Waals surface area contributed by atoms with Gasteiger partial charge in [0.15, 0.2) is 5.65 Å². The third-order valence-electron chi connectivity index (χ3n) is 7.97. The molecular formula is C32H30N6O. The van der Waals surface area contributed by atoms with Crippen LogP contribution in [0.4, 0.5) is 0 Å². The van der Waals surface area contributed by atoms with Crippen LogP contribution in [0.25, 0.3) is 44.5 Å². The maximum absolute atomic E-state index is 12.6. The van der Waals surface area contributed by atoms with Gasteiger partial charge in [0.25, 0.3) is 0 Å². The fourth-order valence-electron chi connectivity index (χ4n) is 5.93. The van der Waals surface area contributed by atoms with Crippen molar-refractivity contribution in [3.63, 3.8) is 0 Å². The number of piperidine rings is 1. The first-order valence-corrected chi connectivity index (χ1v) is 13.5. The van der Waals surface area contributed by atoms with Crippen molar-refractivity contribution in [2.45, 2.75) is 25.4 Å². The van der Waals surface area contributed by atoms with Crippen LogP contribution in [-0.2, 0) is 13.6 Å². The van der Waals surface area contributed by atoms with Crippen molar-refractivity contribution in [1.82, 2.24) is 29.2 Å². The van der Waals surface area contributed by atoms with Gasteiger partial charge in [-0.05, 0) is 42.2 Å². The van der Waals surface area contributed by atoms with Crippen LogP contribution >= 0.6 is 0 Å². The van der Waals surface area contributed by atoms with Crippen LogP contribution in [0.3, 0.4) is 0 Å². The summed E-state index contributed by atoms with van der Waals surface area (Å²) in [6, 6.07) is 29.6. The smallest absolute Gasteiger partial charge is 0.306 e. The maximum atomic E-state index is 12.6. The SMILES string of the molecule is Cn1ncc2cc(-c3ccccc3)c(-c3ccc(CN4CCC(n5c(=O)[nH]c6ccccc65)CC4)cc3)nc21. The number of fused-ring (bicyclic) bond motifs is 2. The second-order valence-corrected chi connectivity index (χ2v) is 10.5. The largest absolute Gasteiger partial charge is 0.326 e. The lowest BCUT2D eigenvalue weighted by molar-refractivity contribution is 0.180. The zero-order chi connectivity index (χ0) is 26.3. The van der Waals surface area contributed by atoms with Crippen molar-refractivity contribution in [3.8, 4) is 22.4 Å². The maximum Gasteiger partial charge on any atom is 0.326 e. The minimum Gasteiger partial charge on any atom is -0.306 e. The summed E-state index contributed by atoms with van der Waals surface area (Å²) in [7, 11) is 1.93. The molecule has 7 rings (SSSR count). The molecule has 0 spiro atoms. The second-order valence-electron chi connectivity index (χ2n) is 10.5. The van der Waals surface area contributed by atoms with Crippen molar-refractivity contribution in [2.24, 2.45) is 7.05 Å². The fourth-order valence-corrected chi connectivity index (χ4v) is 5.93. The molecule has 0 amide bonds. The highest BCUT2D eigenvalue weighted by molar-refractivity contribution is 5.90. The summed E-state index contributed by atoms with van der Waals surface area (Å²) in [6.45, 7) is 2.83. The Morgan fingerprint density at radius 1 is 0.897 bits per heavy atom. The van der Waals surface area contributed by atoms with Crippen LogP contribution in [0.5, 0.6) is 0 Å². The number of para-hydroxylation sites is 2. The van der Waals surface area contributed by atoms with Crippen molar-refractivity contribution in [3.05, 3.63) is 107 Å². The van der Waals surface area contributed by atoms with Crippen LogP contribution < -0.4 is 5.69 Å². The minimum absolute atomic E-state index is 0.00182. The van der Waals surface area contributed by atoms with Crippen molar-refractivity contribution < 1.29 is 0 Å². The summed E-state index contributed by atoms with van der Waals surface area (Å²) in [5.74, 6) is 0. The molecule has 1 aliphatic heterocycles. The number of nitrogens with zero attached hydrogens (tertiary/aromatic N) is 5. The molecule has 0 radical (unpaired) electrons. The van der Waals surface area contributed by atoms with Crippen LogP contribution in [0.15, 0.2) is 95.9 Å². The van der Waals surface area contributed by atoms with Gasteiger partial charge in [-0.3, -0.25) is 14.1 Å². The molecule has 1 aliphatic rings. The molecule has 0 saturated carbocycles. The zero-order valence-corrected chi connectivity index (χ0v) is 21.9. The van der Waals surface area contributed by atoms with Crippen LogP contribution in [0, 0.1) is 0 Å². The highest BCUT2D eigenvalue weighted by Gasteiger charge is 2.23. The van der Waals surface area contributed by atoms with Gasteiger partial charge in [0.1, 0.15) is 0 Å². The van der Waals surface area contributed by atoms with Gasteiger partial charge in [0.05, 0.1) is 22.9 Å². The van der Waals surface area contributed by atoms with Gasteiger partial charge in [-0.2, -0.15) is 5.10 Å². The number of likely N-dealkylation sites (tertiary alicyclic amines) is 1. The number of benzene rings is 3. The fraction of sp³-hybridized carbons (Fsp3) is 0.219. The number of hydrogen-bond donors (Lipinski definition) is 1. The summed E-state index contributed by atoms with van der Waals surface area (Å²) in [6.07, 6.45) is 3.81. The molecule has 1 fully saturated rings. The number of nitrogens with one attached hydrogen (secondary N) is 1. The molecule has 1 N–H and O–H groups in total. The summed E-state index contributed by atoms with van der Waals surface area (Å²) in [4.78, 5) is 23.2. The number of hydrogen-bond acceptors (Lipinski definition) is 4. The van der Waals surface area contributed by atoms with Crippen molar-refractivity contribution >= 4 is 22.1 Å². The number of aromatic nitrogens is 5. The highest BCUT2D eigenvalue weighted by atomic mass is 16.1. The molecule has 0 unspecified atom stereocenters. The third-order valence-corrected chi connectivity index (χ3v) is 7.97. The van der Waals surface area contributed by atoms with E-state index < -0.39 is 0 Å². The van der Waals surface area contributed by atoms with E-state index in [0.717, 1.165) is 76.9 Å². The molecule has 7 heteroatoms. The molecule has 3 aromatic carbocycles. The first kappa shape index (κ1) is 23.6. The molecule has 4 heterocycles. The van der Waals surface area contributed by atoms with Crippen LogP contribution in [-0.4, -0.2) is 42.3 Å². The lowest BCUT2D eigenvalue weighted by Gasteiger charge is -2.32. The Bertz CT molecular complexity index is 1820. The Morgan fingerprint density at radius 2 is 1.64 bits per heavy atom. The summed E-state index contributed by atoms with van der Waals surface area (Å²) in [5.41, 5.74) is 8.40. The minimum atomic E-state index is -0.00182. The average Bonchev–Trinajstić information content (AvgIpc) is 3.52. The van der Waals surface area contributed by atoms with Gasteiger partial charge in [-0.1, -0.05) is 66.7 Å². The number of imidazole rings is 1. The molecule has 7 nitrogen and oxygen atoms in total. The molecule has 0 aliphatic carbocycles. The first-order chi connectivity index (χ1) is 19.1. The van der Waals surface area contributed by atoms with E-state index in [-0.39, 0.29) is 11.7 Å². The quantitative estimate of drug-likeness (QED) is 0.316. The topological polar surface area (TPSA) is 71.7 Å². The third kappa shape index (κ3) is 4.34. The Labute approximate surface area is 226 Å². The monoisotopic (exact) mass is 514 g/mol. The summed E-state index contributed by atoms with van der Waals surface area (Å²) in [5, 5.41) is 5.45. The number of aryl methyl sites for hydroxylation is 1. The molecular weight excluding hydrogens is 484 g/mol. The molecule has 194 valence electrons. The molecule has 1 saturated heterocycles. The van der Waals surface area contributed by atoms with E-state index in [1.54, 1.807) is 0 Å². The van der Waals surface area contributed by atoms with Crippen molar-refractivity contribution in [2.75, 3.05) is 13.1 Å². The van der Waals surface area contributed by atoms with Crippen LogP contribution in [0.2, 0.25) is 0 Å². The number of pyridine rings is 1.